The average molecular weight is 197 g/mol. The molecule has 0 bridgehead atoms. The number of nitrogens with zero attached hydrogens (tertiary/aromatic N) is 1. The number of nitriles is 1. The Hall–Kier alpha value is -2.34. The molecule has 0 N–H and O–H groups in total. The highest BCUT2D eigenvalue weighted by Gasteiger charge is 1.99. The molecule has 0 aliphatic carbocycles. The molecule has 72 valence electrons. The lowest BCUT2D eigenvalue weighted by atomic mass is 10.1. The van der Waals surface area contributed by atoms with Crippen LogP contribution in [-0.2, 0) is 0 Å². The van der Waals surface area contributed by atoms with E-state index in [2.05, 4.69) is 0 Å². The normalized spacial score (nSPS) is 10.6. The maximum atomic E-state index is 11.5. The summed E-state index contributed by atoms with van der Waals surface area (Å²) >= 11 is 0. The number of hydrogen-bond acceptors (Lipinski definition) is 3. The summed E-state index contributed by atoms with van der Waals surface area (Å²) in [7, 11) is 0. The molecule has 1 heterocycles. The molecule has 0 aliphatic heterocycles. The largest absolute Gasteiger partial charge is 0.464 e. The third-order valence-corrected chi connectivity index (χ3v) is 2.03. The van der Waals surface area contributed by atoms with Crippen LogP contribution in [-0.4, -0.2) is 0 Å². The number of fused-ring (bicyclic) bond motifs is 1. The zero-order valence-electron chi connectivity index (χ0n) is 7.81. The van der Waals surface area contributed by atoms with Crippen LogP contribution in [0.4, 0.5) is 0 Å². The molecule has 1 aromatic heterocycles. The van der Waals surface area contributed by atoms with Crippen molar-refractivity contribution in [2.45, 2.75) is 0 Å². The van der Waals surface area contributed by atoms with Gasteiger partial charge in [-0.25, -0.2) is 0 Å². The summed E-state index contributed by atoms with van der Waals surface area (Å²) in [5.41, 5.74) is 1.28. The van der Waals surface area contributed by atoms with E-state index < -0.39 is 0 Å². The van der Waals surface area contributed by atoms with E-state index in [1.165, 1.54) is 18.4 Å². The molecule has 1 aromatic carbocycles. The van der Waals surface area contributed by atoms with E-state index in [0.717, 1.165) is 5.56 Å². The first-order valence-corrected chi connectivity index (χ1v) is 4.39. The first kappa shape index (κ1) is 9.22. The third-order valence-electron chi connectivity index (χ3n) is 2.03. The fourth-order valence-corrected chi connectivity index (χ4v) is 1.34. The summed E-state index contributed by atoms with van der Waals surface area (Å²) in [4.78, 5) is 11.5. The van der Waals surface area contributed by atoms with Gasteiger partial charge < -0.3 is 4.42 Å². The predicted molar refractivity (Wildman–Crippen MR) is 57.1 cm³/mol. The van der Waals surface area contributed by atoms with E-state index in [4.69, 9.17) is 9.68 Å². The lowest BCUT2D eigenvalue weighted by molar-refractivity contribution is 0.602. The Morgan fingerprint density at radius 2 is 2.20 bits per heavy atom. The van der Waals surface area contributed by atoms with Gasteiger partial charge in [0.2, 0.25) is 0 Å². The topological polar surface area (TPSA) is 54.0 Å². The monoisotopic (exact) mass is 197 g/mol. The van der Waals surface area contributed by atoms with Crippen molar-refractivity contribution in [1.82, 2.24) is 0 Å². The quantitative estimate of drug-likeness (QED) is 0.659. The Bertz CT molecular complexity index is 617. The summed E-state index contributed by atoms with van der Waals surface area (Å²) in [5.74, 6) is 0. The highest BCUT2D eigenvalue weighted by molar-refractivity contribution is 5.79. The molecule has 3 heteroatoms. The van der Waals surface area contributed by atoms with Gasteiger partial charge in [0, 0.05) is 12.1 Å². The van der Waals surface area contributed by atoms with Crippen LogP contribution in [0.1, 0.15) is 5.56 Å². The number of allylic oxidation sites excluding steroid dienone is 1. The molecule has 0 spiro atoms. The highest BCUT2D eigenvalue weighted by Crippen LogP contribution is 2.13. The summed E-state index contributed by atoms with van der Waals surface area (Å²) in [5, 5.41) is 8.90. The van der Waals surface area contributed by atoms with Crippen LogP contribution in [0.15, 0.2) is 45.8 Å². The molecule has 15 heavy (non-hydrogen) atoms. The van der Waals surface area contributed by atoms with Gasteiger partial charge in [-0.3, -0.25) is 4.79 Å². The number of hydrogen-bond donors (Lipinski definition) is 0. The summed E-state index contributed by atoms with van der Waals surface area (Å²) in [6, 6.07) is 8.48. The minimum Gasteiger partial charge on any atom is -0.464 e. The molecule has 0 radical (unpaired) electrons. The first-order valence-electron chi connectivity index (χ1n) is 4.39. The van der Waals surface area contributed by atoms with Crippen molar-refractivity contribution in [3.63, 3.8) is 0 Å². The maximum Gasteiger partial charge on any atom is 0.192 e. The number of rotatable bonds is 1. The van der Waals surface area contributed by atoms with E-state index in [1.54, 1.807) is 24.3 Å². The molecular weight excluding hydrogens is 190 g/mol. The van der Waals surface area contributed by atoms with Crippen molar-refractivity contribution in [1.29, 1.82) is 5.26 Å². The van der Waals surface area contributed by atoms with Crippen LogP contribution in [0.2, 0.25) is 0 Å². The van der Waals surface area contributed by atoms with Gasteiger partial charge in [0.05, 0.1) is 17.7 Å². The van der Waals surface area contributed by atoms with Crippen molar-refractivity contribution in [3.05, 3.63) is 52.4 Å². The maximum absolute atomic E-state index is 11.5. The van der Waals surface area contributed by atoms with Gasteiger partial charge in [-0.15, -0.1) is 0 Å². The molecule has 2 aromatic rings. The summed E-state index contributed by atoms with van der Waals surface area (Å²) < 4.78 is 5.16. The Labute approximate surface area is 85.9 Å². The van der Waals surface area contributed by atoms with Gasteiger partial charge in [0.15, 0.2) is 5.43 Å². The molecule has 2 rings (SSSR count). The molecular formula is C12H7NO2. The molecule has 3 nitrogen and oxygen atoms in total. The van der Waals surface area contributed by atoms with Gasteiger partial charge in [-0.1, -0.05) is 6.07 Å². The minimum atomic E-state index is -0.0801. The molecule has 0 saturated carbocycles. The Balaban J connectivity index is 2.66. The van der Waals surface area contributed by atoms with Crippen LogP contribution in [0.3, 0.4) is 0 Å². The SMILES string of the molecule is N#C/C=C/c1ccc2occc(=O)c2c1. The Morgan fingerprint density at radius 1 is 1.33 bits per heavy atom. The first-order chi connectivity index (χ1) is 7.31. The van der Waals surface area contributed by atoms with Crippen molar-refractivity contribution in [3.8, 4) is 6.07 Å². The molecule has 0 aliphatic rings. The van der Waals surface area contributed by atoms with Gasteiger partial charge in [-0.05, 0) is 23.8 Å². The van der Waals surface area contributed by atoms with Crippen LogP contribution >= 0.6 is 0 Å². The lowest BCUT2D eigenvalue weighted by Gasteiger charge is -1.96. The molecule has 0 saturated heterocycles. The van der Waals surface area contributed by atoms with Crippen LogP contribution in [0, 0.1) is 11.3 Å². The summed E-state index contributed by atoms with van der Waals surface area (Å²) in [6.07, 6.45) is 4.38. The molecule has 0 amide bonds. The predicted octanol–water partition coefficient (Wildman–Crippen LogP) is 2.33. The third kappa shape index (κ3) is 1.79. The van der Waals surface area contributed by atoms with E-state index in [1.807, 2.05) is 6.07 Å². The van der Waals surface area contributed by atoms with E-state index in [9.17, 15) is 4.79 Å². The van der Waals surface area contributed by atoms with Crippen molar-refractivity contribution in [2.75, 3.05) is 0 Å². The van der Waals surface area contributed by atoms with Crippen LogP contribution in [0.5, 0.6) is 0 Å². The average Bonchev–Trinajstić information content (AvgIpc) is 2.27. The van der Waals surface area contributed by atoms with Crippen molar-refractivity contribution in [2.24, 2.45) is 0 Å². The Kier molecular flexibility index (Phi) is 2.34. The zero-order valence-corrected chi connectivity index (χ0v) is 7.81. The van der Waals surface area contributed by atoms with E-state index in [-0.39, 0.29) is 5.43 Å². The second kappa shape index (κ2) is 3.81. The minimum absolute atomic E-state index is 0.0801. The highest BCUT2D eigenvalue weighted by atomic mass is 16.3. The van der Waals surface area contributed by atoms with Crippen molar-refractivity contribution < 1.29 is 4.42 Å². The Morgan fingerprint density at radius 3 is 3.00 bits per heavy atom. The van der Waals surface area contributed by atoms with Crippen LogP contribution < -0.4 is 5.43 Å². The van der Waals surface area contributed by atoms with E-state index in [0.29, 0.717) is 11.0 Å². The molecule has 0 fully saturated rings. The molecule has 0 unspecified atom stereocenters. The fraction of sp³-hybridized carbons (Fsp3) is 0. The van der Waals surface area contributed by atoms with Crippen molar-refractivity contribution >= 4 is 17.0 Å². The van der Waals surface area contributed by atoms with Gasteiger partial charge in [0.25, 0.3) is 0 Å². The zero-order chi connectivity index (χ0) is 10.7. The smallest absolute Gasteiger partial charge is 0.192 e. The lowest BCUT2D eigenvalue weighted by Crippen LogP contribution is -1.97. The second-order valence-electron chi connectivity index (χ2n) is 3.00. The number of benzene rings is 1. The van der Waals surface area contributed by atoms with Gasteiger partial charge in [-0.2, -0.15) is 5.26 Å². The van der Waals surface area contributed by atoms with Gasteiger partial charge >= 0.3 is 0 Å². The van der Waals surface area contributed by atoms with Gasteiger partial charge in [0.1, 0.15) is 5.58 Å². The fourth-order valence-electron chi connectivity index (χ4n) is 1.34. The summed E-state index contributed by atoms with van der Waals surface area (Å²) in [6.45, 7) is 0. The van der Waals surface area contributed by atoms with Crippen LogP contribution in [0.25, 0.3) is 17.0 Å². The standard InChI is InChI=1S/C12H7NO2/c13-6-1-2-9-3-4-12-10(8-9)11(14)5-7-15-12/h1-5,7-8H/b2-1+. The second-order valence-corrected chi connectivity index (χ2v) is 3.00. The van der Waals surface area contributed by atoms with E-state index >= 15 is 0 Å². The molecule has 0 atom stereocenters.